The van der Waals surface area contributed by atoms with E-state index in [4.69, 9.17) is 21.1 Å². The Balaban J connectivity index is 1.98. The molecule has 2 aromatic carbocycles. The summed E-state index contributed by atoms with van der Waals surface area (Å²) in [6.07, 6.45) is 2.64. The van der Waals surface area contributed by atoms with E-state index < -0.39 is 6.16 Å². The van der Waals surface area contributed by atoms with Crippen LogP contribution in [0.3, 0.4) is 0 Å². The highest BCUT2D eigenvalue weighted by atomic mass is 35.5. The van der Waals surface area contributed by atoms with E-state index in [1.807, 2.05) is 30.3 Å². The lowest BCUT2D eigenvalue weighted by Gasteiger charge is -2.19. The zero-order valence-electron chi connectivity index (χ0n) is 14.5. The molecule has 0 amide bonds. The number of pyridine rings is 1. The number of aromatic nitrogens is 1. The summed E-state index contributed by atoms with van der Waals surface area (Å²) in [4.78, 5) is 16.0. The van der Waals surface area contributed by atoms with Crippen LogP contribution in [0.1, 0.15) is 25.7 Å². The van der Waals surface area contributed by atoms with Gasteiger partial charge in [0.1, 0.15) is 6.10 Å². The van der Waals surface area contributed by atoms with Crippen LogP contribution in [0.2, 0.25) is 5.02 Å². The Morgan fingerprint density at radius 1 is 1.11 bits per heavy atom. The third-order valence-electron chi connectivity index (χ3n) is 4.70. The molecule has 1 aromatic heterocycles. The number of fused-ring (bicyclic) bond motifs is 1. The third kappa shape index (κ3) is 3.69. The number of rotatable bonds is 4. The van der Waals surface area contributed by atoms with E-state index in [1.165, 1.54) is 0 Å². The monoisotopic (exact) mass is 383 g/mol. The number of halogens is 1. The average Bonchev–Trinajstić information content (AvgIpc) is 3.16. The van der Waals surface area contributed by atoms with Crippen molar-refractivity contribution in [3.63, 3.8) is 0 Å². The van der Waals surface area contributed by atoms with Gasteiger partial charge in [-0.15, -0.1) is 0 Å². The maximum Gasteiger partial charge on any atom is 0.511 e. The van der Waals surface area contributed by atoms with Crippen molar-refractivity contribution < 1.29 is 19.4 Å². The lowest BCUT2D eigenvalue weighted by Crippen LogP contribution is -2.15. The van der Waals surface area contributed by atoms with Crippen molar-refractivity contribution in [2.45, 2.75) is 31.8 Å². The van der Waals surface area contributed by atoms with Crippen LogP contribution in [0, 0.1) is 0 Å². The van der Waals surface area contributed by atoms with E-state index >= 15 is 0 Å². The van der Waals surface area contributed by atoms with Gasteiger partial charge in [-0.1, -0.05) is 41.9 Å². The Bertz CT molecular complexity index is 984. The summed E-state index contributed by atoms with van der Waals surface area (Å²) in [6.45, 7) is 0. The van der Waals surface area contributed by atoms with Gasteiger partial charge in [0.05, 0.1) is 5.52 Å². The summed E-state index contributed by atoms with van der Waals surface area (Å²) < 4.78 is 11.3. The second-order valence-corrected chi connectivity index (χ2v) is 6.98. The fraction of sp³-hybridized carbons (Fsp3) is 0.238. The molecule has 3 aromatic rings. The lowest BCUT2D eigenvalue weighted by molar-refractivity contribution is 0.138. The fourth-order valence-electron chi connectivity index (χ4n) is 3.51. The van der Waals surface area contributed by atoms with Crippen molar-refractivity contribution in [3.05, 3.63) is 53.6 Å². The fourth-order valence-corrected chi connectivity index (χ4v) is 3.68. The second kappa shape index (κ2) is 7.45. The normalized spacial score (nSPS) is 14.4. The molecule has 0 spiro atoms. The van der Waals surface area contributed by atoms with E-state index in [0.717, 1.165) is 31.2 Å². The zero-order valence-corrected chi connectivity index (χ0v) is 15.3. The first kappa shape index (κ1) is 17.6. The summed E-state index contributed by atoms with van der Waals surface area (Å²) >= 11 is 6.20. The van der Waals surface area contributed by atoms with Crippen LogP contribution < -0.4 is 9.47 Å². The van der Waals surface area contributed by atoms with Gasteiger partial charge in [0.2, 0.25) is 5.75 Å². The van der Waals surface area contributed by atoms with E-state index in [2.05, 4.69) is 4.98 Å². The molecule has 1 heterocycles. The molecule has 1 fully saturated rings. The Labute approximate surface area is 161 Å². The minimum absolute atomic E-state index is 0.0158. The van der Waals surface area contributed by atoms with Crippen molar-refractivity contribution in [2.75, 3.05) is 0 Å². The number of benzene rings is 2. The summed E-state index contributed by atoms with van der Waals surface area (Å²) in [7, 11) is 0. The number of carbonyl (C=O) groups is 1. The molecule has 0 aliphatic heterocycles. The highest BCUT2D eigenvalue weighted by molar-refractivity contribution is 6.31. The SMILES string of the molecule is O=C(O)Oc1c(OC2CCCC2)nc2ccc(Cl)cc2c1-c1ccccc1. The Morgan fingerprint density at radius 3 is 2.56 bits per heavy atom. The first-order valence-electron chi connectivity index (χ1n) is 8.88. The predicted molar refractivity (Wildman–Crippen MR) is 104 cm³/mol. The molecule has 0 atom stereocenters. The van der Waals surface area contributed by atoms with Gasteiger partial charge >= 0.3 is 6.16 Å². The maximum atomic E-state index is 11.4. The van der Waals surface area contributed by atoms with Gasteiger partial charge in [0.15, 0.2) is 0 Å². The minimum atomic E-state index is -1.41. The molecule has 1 saturated carbocycles. The number of ether oxygens (including phenoxy) is 2. The summed E-state index contributed by atoms with van der Waals surface area (Å²) in [6, 6.07) is 14.8. The average molecular weight is 384 g/mol. The largest absolute Gasteiger partial charge is 0.511 e. The van der Waals surface area contributed by atoms with E-state index in [-0.39, 0.29) is 17.7 Å². The molecule has 138 valence electrons. The van der Waals surface area contributed by atoms with Gasteiger partial charge < -0.3 is 14.6 Å². The Hall–Kier alpha value is -2.79. The summed E-state index contributed by atoms with van der Waals surface area (Å²) in [5.41, 5.74) is 2.09. The van der Waals surface area contributed by atoms with Gasteiger partial charge in [0, 0.05) is 16.0 Å². The van der Waals surface area contributed by atoms with Crippen LogP contribution in [0.5, 0.6) is 11.6 Å². The second-order valence-electron chi connectivity index (χ2n) is 6.54. The predicted octanol–water partition coefficient (Wildman–Crippen LogP) is 5.93. The van der Waals surface area contributed by atoms with Gasteiger partial charge in [-0.2, -0.15) is 0 Å². The van der Waals surface area contributed by atoms with Crippen molar-refractivity contribution in [3.8, 4) is 22.8 Å². The molecule has 0 bridgehead atoms. The van der Waals surface area contributed by atoms with Gasteiger partial charge in [-0.05, 0) is 49.4 Å². The van der Waals surface area contributed by atoms with Crippen LogP contribution in [0.15, 0.2) is 48.5 Å². The minimum Gasteiger partial charge on any atom is -0.472 e. The van der Waals surface area contributed by atoms with Crippen molar-refractivity contribution >= 4 is 28.7 Å². The van der Waals surface area contributed by atoms with Gasteiger partial charge in [-0.3, -0.25) is 0 Å². The van der Waals surface area contributed by atoms with Crippen molar-refractivity contribution in [1.29, 1.82) is 0 Å². The Kier molecular flexibility index (Phi) is 4.86. The van der Waals surface area contributed by atoms with Gasteiger partial charge in [-0.25, -0.2) is 9.78 Å². The topological polar surface area (TPSA) is 68.7 Å². The smallest absolute Gasteiger partial charge is 0.472 e. The third-order valence-corrected chi connectivity index (χ3v) is 4.94. The maximum absolute atomic E-state index is 11.4. The molecule has 1 aliphatic rings. The van der Waals surface area contributed by atoms with Crippen LogP contribution in [0.25, 0.3) is 22.0 Å². The summed E-state index contributed by atoms with van der Waals surface area (Å²) in [5.74, 6) is 0.313. The standard InChI is InChI=1S/C21H18ClNO4/c22-14-10-11-17-16(12-14)18(13-6-2-1-3-7-13)19(27-21(24)25)20(23-17)26-15-8-4-5-9-15/h1-3,6-7,10-12,15H,4-5,8-9H2,(H,24,25). The molecule has 5 nitrogen and oxygen atoms in total. The number of hydrogen-bond donors (Lipinski definition) is 1. The van der Waals surface area contributed by atoms with Crippen molar-refractivity contribution in [2.24, 2.45) is 0 Å². The molecule has 0 saturated heterocycles. The van der Waals surface area contributed by atoms with Crippen LogP contribution in [-0.2, 0) is 0 Å². The van der Waals surface area contributed by atoms with Gasteiger partial charge in [0.25, 0.3) is 5.88 Å². The molecule has 1 aliphatic carbocycles. The van der Waals surface area contributed by atoms with Crippen molar-refractivity contribution in [1.82, 2.24) is 4.98 Å². The lowest BCUT2D eigenvalue weighted by atomic mass is 10.00. The molecule has 0 unspecified atom stereocenters. The van der Waals surface area contributed by atoms with Crippen LogP contribution in [0.4, 0.5) is 4.79 Å². The zero-order chi connectivity index (χ0) is 18.8. The quantitative estimate of drug-likeness (QED) is 0.565. The summed E-state index contributed by atoms with van der Waals surface area (Å²) in [5, 5.41) is 10.6. The number of hydrogen-bond acceptors (Lipinski definition) is 4. The first-order chi connectivity index (χ1) is 13.1. The van der Waals surface area contributed by atoms with E-state index in [0.29, 0.717) is 21.5 Å². The highest BCUT2D eigenvalue weighted by Crippen LogP contribution is 2.44. The van der Waals surface area contributed by atoms with Crippen LogP contribution >= 0.6 is 11.6 Å². The molecule has 1 N–H and O–H groups in total. The van der Waals surface area contributed by atoms with E-state index in [9.17, 15) is 9.90 Å². The highest BCUT2D eigenvalue weighted by Gasteiger charge is 2.25. The number of carboxylic acid groups (broad SMARTS) is 1. The first-order valence-corrected chi connectivity index (χ1v) is 9.26. The van der Waals surface area contributed by atoms with E-state index in [1.54, 1.807) is 18.2 Å². The number of nitrogens with zero attached hydrogens (tertiary/aromatic N) is 1. The molecule has 0 radical (unpaired) electrons. The molecule has 27 heavy (non-hydrogen) atoms. The molecular formula is C21H18ClNO4. The Morgan fingerprint density at radius 2 is 1.85 bits per heavy atom. The molecule has 6 heteroatoms. The van der Waals surface area contributed by atoms with Crippen LogP contribution in [-0.4, -0.2) is 22.3 Å². The molecule has 4 rings (SSSR count). The molecular weight excluding hydrogens is 366 g/mol.